The molecule has 0 radical (unpaired) electrons. The van der Waals surface area contributed by atoms with Gasteiger partial charge in [0.1, 0.15) is 5.60 Å². The summed E-state index contributed by atoms with van der Waals surface area (Å²) in [5, 5.41) is 15.6. The Morgan fingerprint density at radius 2 is 1.61 bits per heavy atom. The quantitative estimate of drug-likeness (QED) is 0.663. The Hall–Kier alpha value is -3.23. The predicted octanol–water partition coefficient (Wildman–Crippen LogP) is 2.08. The maximum Gasteiger partial charge on any atom is 0.254 e. The van der Waals surface area contributed by atoms with E-state index in [1.807, 2.05) is 35.1 Å². The van der Waals surface area contributed by atoms with Gasteiger partial charge in [0.15, 0.2) is 0 Å². The first kappa shape index (κ1) is 20.4. The Kier molecular flexibility index (Phi) is 4.74. The number of amides is 2. The van der Waals surface area contributed by atoms with Crippen LogP contribution in [0.2, 0.25) is 0 Å². The van der Waals surface area contributed by atoms with Gasteiger partial charge in [0.2, 0.25) is 0 Å². The highest BCUT2D eigenvalue weighted by molar-refractivity contribution is 5.95. The molecule has 3 heterocycles. The van der Waals surface area contributed by atoms with Crippen LogP contribution in [0.25, 0.3) is 22.0 Å². The van der Waals surface area contributed by atoms with Crippen molar-refractivity contribution in [3.8, 4) is 11.1 Å². The molecular formula is C25H26N4O4. The third-order valence-corrected chi connectivity index (χ3v) is 7.00. The van der Waals surface area contributed by atoms with Crippen LogP contribution >= 0.6 is 0 Å². The number of aliphatic hydroxyl groups is 1. The number of fused-ring (bicyclic) bond motifs is 1. The summed E-state index contributed by atoms with van der Waals surface area (Å²) in [7, 11) is 0. The summed E-state index contributed by atoms with van der Waals surface area (Å²) in [6, 6.07) is 14.3. The molecule has 2 aromatic carbocycles. The average molecular weight is 447 g/mol. The fourth-order valence-electron chi connectivity index (χ4n) is 4.62. The molecule has 0 unspecified atom stereocenters. The van der Waals surface area contributed by atoms with Gasteiger partial charge in [-0.3, -0.25) is 14.3 Å². The first-order valence-corrected chi connectivity index (χ1v) is 11.5. The standard InChI is InChI=1S/C25H26N4O4/c30-23(27-9-11-28(12-10-27)24(31)25(32)7-8-25)18-3-1-17(2-4-18)19-5-6-22-20(13-19)14-26-29(22)21-15-33-16-21/h1-6,13-14,21,32H,7-12,15-16H2. The van der Waals surface area contributed by atoms with Crippen molar-refractivity contribution in [3.05, 3.63) is 54.2 Å². The summed E-state index contributed by atoms with van der Waals surface area (Å²) in [4.78, 5) is 28.7. The van der Waals surface area contributed by atoms with E-state index in [2.05, 4.69) is 23.3 Å². The third-order valence-electron chi connectivity index (χ3n) is 7.00. The molecule has 0 atom stereocenters. The Bertz CT molecular complexity index is 1220. The Balaban J connectivity index is 1.13. The molecule has 2 saturated heterocycles. The maximum absolute atomic E-state index is 13.0. The van der Waals surface area contributed by atoms with E-state index in [0.29, 0.717) is 63.8 Å². The van der Waals surface area contributed by atoms with Crippen molar-refractivity contribution in [2.75, 3.05) is 39.4 Å². The molecule has 1 saturated carbocycles. The predicted molar refractivity (Wildman–Crippen MR) is 122 cm³/mol. The number of hydrogen-bond acceptors (Lipinski definition) is 5. The molecule has 170 valence electrons. The van der Waals surface area contributed by atoms with Crippen LogP contribution in [0, 0.1) is 0 Å². The zero-order chi connectivity index (χ0) is 22.6. The van der Waals surface area contributed by atoms with Gasteiger partial charge in [0.25, 0.3) is 11.8 Å². The highest BCUT2D eigenvalue weighted by Gasteiger charge is 2.50. The summed E-state index contributed by atoms with van der Waals surface area (Å²) in [6.07, 6.45) is 2.98. The minimum absolute atomic E-state index is 0.0294. The van der Waals surface area contributed by atoms with Crippen LogP contribution in [0.15, 0.2) is 48.7 Å². The van der Waals surface area contributed by atoms with Crippen molar-refractivity contribution in [1.82, 2.24) is 19.6 Å². The van der Waals surface area contributed by atoms with Crippen molar-refractivity contribution in [1.29, 1.82) is 0 Å². The van der Waals surface area contributed by atoms with Gasteiger partial charge in [0.05, 0.1) is 31.0 Å². The van der Waals surface area contributed by atoms with E-state index in [1.165, 1.54) is 0 Å². The van der Waals surface area contributed by atoms with Crippen LogP contribution in [0.4, 0.5) is 0 Å². The van der Waals surface area contributed by atoms with E-state index in [1.54, 1.807) is 9.80 Å². The molecule has 1 aromatic heterocycles. The van der Waals surface area contributed by atoms with Crippen LogP contribution in [-0.4, -0.2) is 81.5 Å². The first-order chi connectivity index (χ1) is 16.0. The molecule has 3 aromatic rings. The van der Waals surface area contributed by atoms with E-state index in [0.717, 1.165) is 22.0 Å². The molecule has 1 aliphatic carbocycles. The van der Waals surface area contributed by atoms with Gasteiger partial charge in [-0.1, -0.05) is 18.2 Å². The van der Waals surface area contributed by atoms with Gasteiger partial charge in [-0.2, -0.15) is 5.10 Å². The van der Waals surface area contributed by atoms with Crippen molar-refractivity contribution in [2.24, 2.45) is 0 Å². The fraction of sp³-hybridized carbons (Fsp3) is 0.400. The van der Waals surface area contributed by atoms with Crippen LogP contribution in [-0.2, 0) is 9.53 Å². The number of carbonyl (C=O) groups excluding carboxylic acids is 2. The van der Waals surface area contributed by atoms with Crippen molar-refractivity contribution < 1.29 is 19.4 Å². The van der Waals surface area contributed by atoms with Crippen molar-refractivity contribution in [3.63, 3.8) is 0 Å². The molecule has 1 N–H and O–H groups in total. The zero-order valence-corrected chi connectivity index (χ0v) is 18.3. The topological polar surface area (TPSA) is 87.9 Å². The third kappa shape index (κ3) is 3.59. The summed E-state index contributed by atoms with van der Waals surface area (Å²) in [6.45, 7) is 3.31. The Morgan fingerprint density at radius 1 is 0.939 bits per heavy atom. The van der Waals surface area contributed by atoms with Gasteiger partial charge in [-0.25, -0.2) is 0 Å². The van der Waals surface area contributed by atoms with Gasteiger partial charge in [0, 0.05) is 37.1 Å². The average Bonchev–Trinajstić information content (AvgIpc) is 3.45. The number of piperazine rings is 1. The number of rotatable bonds is 4. The summed E-state index contributed by atoms with van der Waals surface area (Å²) in [5.74, 6) is -0.222. The first-order valence-electron chi connectivity index (χ1n) is 11.5. The minimum Gasteiger partial charge on any atom is -0.380 e. The maximum atomic E-state index is 13.0. The largest absolute Gasteiger partial charge is 0.380 e. The van der Waals surface area contributed by atoms with Gasteiger partial charge in [-0.15, -0.1) is 0 Å². The second kappa shape index (κ2) is 7.67. The lowest BCUT2D eigenvalue weighted by atomic mass is 10.0. The SMILES string of the molecule is O=C(c1ccc(-c2ccc3c(cnn3C3COC3)c2)cc1)N1CCN(C(=O)C2(O)CC2)CC1. The molecule has 3 aliphatic rings. The number of nitrogens with zero attached hydrogens (tertiary/aromatic N) is 4. The van der Waals surface area contributed by atoms with E-state index < -0.39 is 5.60 Å². The number of hydrogen-bond donors (Lipinski definition) is 1. The Labute approximate surface area is 191 Å². The van der Waals surface area contributed by atoms with Crippen LogP contribution in [0.3, 0.4) is 0 Å². The molecule has 6 rings (SSSR count). The zero-order valence-electron chi connectivity index (χ0n) is 18.3. The molecular weight excluding hydrogens is 420 g/mol. The molecule has 3 fully saturated rings. The number of ether oxygens (including phenoxy) is 1. The van der Waals surface area contributed by atoms with E-state index in [-0.39, 0.29) is 11.8 Å². The van der Waals surface area contributed by atoms with Gasteiger partial charge in [-0.05, 0) is 48.2 Å². The van der Waals surface area contributed by atoms with Crippen LogP contribution < -0.4 is 0 Å². The highest BCUT2D eigenvalue weighted by Crippen LogP contribution is 2.37. The normalized spacial score (nSPS) is 20.0. The molecule has 2 amide bonds. The monoisotopic (exact) mass is 446 g/mol. The molecule has 0 spiro atoms. The Morgan fingerprint density at radius 3 is 2.24 bits per heavy atom. The molecule has 2 aliphatic heterocycles. The molecule has 8 nitrogen and oxygen atoms in total. The van der Waals surface area contributed by atoms with Crippen molar-refractivity contribution in [2.45, 2.75) is 24.5 Å². The van der Waals surface area contributed by atoms with E-state index in [4.69, 9.17) is 4.74 Å². The molecule has 0 bridgehead atoms. The molecule has 8 heteroatoms. The number of carbonyl (C=O) groups is 2. The number of benzene rings is 2. The fourth-order valence-corrected chi connectivity index (χ4v) is 4.62. The van der Waals surface area contributed by atoms with Crippen molar-refractivity contribution >= 4 is 22.7 Å². The molecule has 33 heavy (non-hydrogen) atoms. The smallest absolute Gasteiger partial charge is 0.254 e. The highest BCUT2D eigenvalue weighted by atomic mass is 16.5. The second-order valence-corrected chi connectivity index (χ2v) is 9.25. The lowest BCUT2D eigenvalue weighted by Crippen LogP contribution is -2.53. The van der Waals surface area contributed by atoms with Gasteiger partial charge >= 0.3 is 0 Å². The second-order valence-electron chi connectivity index (χ2n) is 9.25. The van der Waals surface area contributed by atoms with Crippen LogP contribution in [0.5, 0.6) is 0 Å². The number of aromatic nitrogens is 2. The minimum atomic E-state index is -1.14. The van der Waals surface area contributed by atoms with E-state index in [9.17, 15) is 14.7 Å². The lowest BCUT2D eigenvalue weighted by molar-refractivity contribution is -0.143. The lowest BCUT2D eigenvalue weighted by Gasteiger charge is -2.35. The van der Waals surface area contributed by atoms with Crippen LogP contribution in [0.1, 0.15) is 29.2 Å². The summed E-state index contributed by atoms with van der Waals surface area (Å²) >= 11 is 0. The van der Waals surface area contributed by atoms with Gasteiger partial charge < -0.3 is 19.6 Å². The van der Waals surface area contributed by atoms with E-state index >= 15 is 0 Å². The summed E-state index contributed by atoms with van der Waals surface area (Å²) in [5.41, 5.74) is 2.72. The summed E-state index contributed by atoms with van der Waals surface area (Å²) < 4.78 is 7.32.